The minimum Gasteiger partial charge on any atom is -0.496 e. The number of benzene rings is 1. The lowest BCUT2D eigenvalue weighted by molar-refractivity contribution is -0.152. The molecule has 3 fully saturated rings. The lowest BCUT2D eigenvalue weighted by Crippen LogP contribution is -2.58. The molecule has 1 aliphatic carbocycles. The quantitative estimate of drug-likeness (QED) is 0.472. The third kappa shape index (κ3) is 7.37. The van der Waals surface area contributed by atoms with Crippen LogP contribution in [0.3, 0.4) is 0 Å². The molecule has 0 unspecified atom stereocenters. The number of urea groups is 1. The normalized spacial score (nSPS) is 26.2. The van der Waals surface area contributed by atoms with E-state index in [1.165, 1.54) is 7.11 Å². The van der Waals surface area contributed by atoms with Gasteiger partial charge in [-0.1, -0.05) is 19.3 Å². The number of hydrogen-bond donors (Lipinski definition) is 1. The van der Waals surface area contributed by atoms with Gasteiger partial charge in [-0.05, 0) is 63.0 Å². The Balaban J connectivity index is 1.39. The SMILES string of the molecule is CCOc1cc2c3cc(c(OC)cc3n1)CCCO[C@H]1CCCN(C1)C(=O)N[C@@H](C1CCCCC1)C(=O)N1C[C@@H](C[C@H]1C(=O)OC)O2. The summed E-state index contributed by atoms with van der Waals surface area (Å²) >= 11 is 0. The first-order chi connectivity index (χ1) is 22.9. The number of nitrogens with zero attached hydrogens (tertiary/aromatic N) is 3. The second-order valence-electron chi connectivity index (χ2n) is 13.1. The lowest BCUT2D eigenvalue weighted by Gasteiger charge is -2.37. The van der Waals surface area contributed by atoms with Gasteiger partial charge in [-0.25, -0.2) is 14.6 Å². The van der Waals surface area contributed by atoms with Crippen molar-refractivity contribution in [2.45, 2.75) is 95.4 Å². The smallest absolute Gasteiger partial charge is 0.328 e. The third-order valence-corrected chi connectivity index (χ3v) is 10.0. The average molecular weight is 653 g/mol. The molecule has 2 saturated heterocycles. The van der Waals surface area contributed by atoms with E-state index >= 15 is 0 Å². The molecule has 3 aliphatic heterocycles. The van der Waals surface area contributed by atoms with Gasteiger partial charge in [0.15, 0.2) is 0 Å². The van der Waals surface area contributed by atoms with Crippen molar-refractivity contribution in [3.05, 3.63) is 23.8 Å². The van der Waals surface area contributed by atoms with Crippen LogP contribution in [-0.4, -0.2) is 104 Å². The van der Waals surface area contributed by atoms with Crippen molar-refractivity contribution in [2.75, 3.05) is 47.1 Å². The molecule has 3 amide bonds. The number of amides is 3. The van der Waals surface area contributed by atoms with E-state index in [-0.39, 0.29) is 36.9 Å². The number of esters is 1. The van der Waals surface area contributed by atoms with Crippen LogP contribution in [-0.2, 0) is 25.5 Å². The number of rotatable bonds is 5. The number of fused-ring (bicyclic) bond motifs is 5. The van der Waals surface area contributed by atoms with Crippen molar-refractivity contribution in [2.24, 2.45) is 5.92 Å². The highest BCUT2D eigenvalue weighted by Gasteiger charge is 2.46. The molecule has 1 N–H and O–H groups in total. The molecule has 1 saturated carbocycles. The Kier molecular flexibility index (Phi) is 10.5. The van der Waals surface area contributed by atoms with E-state index in [1.807, 2.05) is 19.1 Å². The second-order valence-corrected chi connectivity index (χ2v) is 13.1. The number of piperidine rings is 1. The number of pyridine rings is 1. The zero-order valence-electron chi connectivity index (χ0n) is 27.8. The van der Waals surface area contributed by atoms with Crippen LogP contribution in [0.2, 0.25) is 0 Å². The Hall–Kier alpha value is -3.80. The van der Waals surface area contributed by atoms with Crippen LogP contribution >= 0.6 is 0 Å². The Labute approximate surface area is 276 Å². The Bertz CT molecular complexity index is 1450. The number of carbonyl (C=O) groups excluding carboxylic acids is 3. The third-order valence-electron chi connectivity index (χ3n) is 10.0. The maximum atomic E-state index is 14.5. The summed E-state index contributed by atoms with van der Waals surface area (Å²) in [6.45, 7) is 4.11. The summed E-state index contributed by atoms with van der Waals surface area (Å²) in [5, 5.41) is 3.92. The van der Waals surface area contributed by atoms with Crippen molar-refractivity contribution in [3.8, 4) is 17.4 Å². The highest BCUT2D eigenvalue weighted by Crippen LogP contribution is 2.37. The fraction of sp³-hybridized carbons (Fsp3) is 0.657. The van der Waals surface area contributed by atoms with Crippen molar-refractivity contribution >= 4 is 28.8 Å². The Morgan fingerprint density at radius 3 is 2.62 bits per heavy atom. The number of aryl methyl sites for hydroxylation is 1. The molecule has 1 aromatic carbocycles. The van der Waals surface area contributed by atoms with E-state index in [4.69, 9.17) is 28.7 Å². The fourth-order valence-corrected chi connectivity index (χ4v) is 7.64. The summed E-state index contributed by atoms with van der Waals surface area (Å²) in [6, 6.07) is 3.86. The van der Waals surface area contributed by atoms with Crippen LogP contribution in [0.25, 0.3) is 10.9 Å². The first kappa shape index (κ1) is 33.1. The second kappa shape index (κ2) is 15.0. The Morgan fingerprint density at radius 1 is 1.02 bits per heavy atom. The summed E-state index contributed by atoms with van der Waals surface area (Å²) in [5.41, 5.74) is 1.65. The summed E-state index contributed by atoms with van der Waals surface area (Å²) in [4.78, 5) is 49.4. The van der Waals surface area contributed by atoms with Crippen molar-refractivity contribution in [1.82, 2.24) is 20.1 Å². The van der Waals surface area contributed by atoms with Crippen LogP contribution in [0, 0.1) is 5.92 Å². The molecule has 4 atom stereocenters. The predicted molar refractivity (Wildman–Crippen MR) is 174 cm³/mol. The van der Waals surface area contributed by atoms with Gasteiger partial charge in [0.2, 0.25) is 11.8 Å². The number of ether oxygens (including phenoxy) is 5. The minimum atomic E-state index is -0.839. The molecule has 1 aromatic heterocycles. The highest BCUT2D eigenvalue weighted by atomic mass is 16.5. The molecule has 256 valence electrons. The molecule has 6 rings (SSSR count). The van der Waals surface area contributed by atoms with Gasteiger partial charge in [0.25, 0.3) is 0 Å². The summed E-state index contributed by atoms with van der Waals surface area (Å²) in [7, 11) is 2.98. The molecule has 12 heteroatoms. The number of carbonyl (C=O) groups is 3. The van der Waals surface area contributed by atoms with Crippen molar-refractivity contribution < 1.29 is 38.1 Å². The van der Waals surface area contributed by atoms with Gasteiger partial charge in [0.1, 0.15) is 29.7 Å². The van der Waals surface area contributed by atoms with Crippen LogP contribution in [0.15, 0.2) is 18.2 Å². The molecule has 12 nitrogen and oxygen atoms in total. The van der Waals surface area contributed by atoms with Crippen LogP contribution in [0.1, 0.15) is 70.3 Å². The maximum Gasteiger partial charge on any atom is 0.328 e. The molecule has 2 aromatic rings. The van der Waals surface area contributed by atoms with E-state index in [2.05, 4.69) is 5.32 Å². The monoisotopic (exact) mass is 652 g/mol. The first-order valence-electron chi connectivity index (χ1n) is 17.2. The number of methoxy groups -OCH3 is 2. The lowest BCUT2D eigenvalue weighted by atomic mass is 9.83. The molecule has 6 bridgehead atoms. The van der Waals surface area contributed by atoms with Gasteiger partial charge < -0.3 is 38.8 Å². The highest BCUT2D eigenvalue weighted by molar-refractivity contribution is 5.92. The van der Waals surface area contributed by atoms with Gasteiger partial charge in [0.05, 0.1) is 39.0 Å². The first-order valence-corrected chi connectivity index (χ1v) is 17.2. The van der Waals surface area contributed by atoms with Gasteiger partial charge in [-0.15, -0.1) is 0 Å². The molecule has 47 heavy (non-hydrogen) atoms. The molecular weight excluding hydrogens is 604 g/mol. The van der Waals surface area contributed by atoms with E-state index in [0.29, 0.717) is 55.6 Å². The van der Waals surface area contributed by atoms with E-state index in [1.54, 1.807) is 23.0 Å². The zero-order valence-corrected chi connectivity index (χ0v) is 27.8. The van der Waals surface area contributed by atoms with Gasteiger partial charge >= 0.3 is 12.0 Å². The van der Waals surface area contributed by atoms with Crippen molar-refractivity contribution in [3.63, 3.8) is 0 Å². The van der Waals surface area contributed by atoms with Crippen LogP contribution in [0.5, 0.6) is 17.4 Å². The molecule has 4 aliphatic rings. The topological polar surface area (TPSA) is 129 Å². The zero-order chi connectivity index (χ0) is 32.9. The maximum absolute atomic E-state index is 14.5. The summed E-state index contributed by atoms with van der Waals surface area (Å²) in [5.74, 6) is 0.893. The van der Waals surface area contributed by atoms with Gasteiger partial charge in [-0.3, -0.25) is 4.79 Å². The largest absolute Gasteiger partial charge is 0.496 e. The fourth-order valence-electron chi connectivity index (χ4n) is 7.64. The molecule has 0 radical (unpaired) electrons. The van der Waals surface area contributed by atoms with Crippen molar-refractivity contribution in [1.29, 1.82) is 0 Å². The molecule has 0 spiro atoms. The number of hydrogen-bond acceptors (Lipinski definition) is 9. The van der Waals surface area contributed by atoms with Crippen LogP contribution < -0.4 is 19.5 Å². The van der Waals surface area contributed by atoms with Gasteiger partial charge in [0, 0.05) is 43.6 Å². The van der Waals surface area contributed by atoms with Crippen LogP contribution in [0.4, 0.5) is 4.79 Å². The van der Waals surface area contributed by atoms with Gasteiger partial charge in [-0.2, -0.15) is 0 Å². The number of nitrogens with one attached hydrogen (secondary N) is 1. The average Bonchev–Trinajstić information content (AvgIpc) is 3.52. The summed E-state index contributed by atoms with van der Waals surface area (Å²) in [6.07, 6.45) is 7.64. The number of aromatic nitrogens is 1. The van der Waals surface area contributed by atoms with E-state index in [9.17, 15) is 14.4 Å². The predicted octanol–water partition coefficient (Wildman–Crippen LogP) is 4.25. The Morgan fingerprint density at radius 2 is 1.85 bits per heavy atom. The standard InChI is InChI=1S/C35H48N4O8/c1-4-45-31-19-30-26-16-23(29(43-2)18-27(26)36-31)12-9-15-46-24-13-8-14-38(20-24)35(42)37-32(22-10-6-5-7-11-22)33(40)39-21-25(47-30)17-28(39)34(41)44-3/h16,18-19,22,24-25,28,32H,4-15,17,20-21H2,1-3H3,(H,37,42)/t24-,25+,28-,32-/m0/s1. The molecular formula is C35H48N4O8. The van der Waals surface area contributed by atoms with E-state index < -0.39 is 24.2 Å². The minimum absolute atomic E-state index is 0.0179. The summed E-state index contributed by atoms with van der Waals surface area (Å²) < 4.78 is 29.7. The molecule has 4 heterocycles. The van der Waals surface area contributed by atoms with E-state index in [0.717, 1.165) is 62.3 Å².